The summed E-state index contributed by atoms with van der Waals surface area (Å²) < 4.78 is 13.1. The lowest BCUT2D eigenvalue weighted by Crippen LogP contribution is -2.21. The number of halogens is 1. The predicted molar refractivity (Wildman–Crippen MR) is 95.1 cm³/mol. The summed E-state index contributed by atoms with van der Waals surface area (Å²) in [6.45, 7) is 1.79. The number of rotatable bonds is 6. The maximum Gasteiger partial charge on any atom is 0.225 e. The van der Waals surface area contributed by atoms with E-state index in [2.05, 4.69) is 25.6 Å². The van der Waals surface area contributed by atoms with Crippen LogP contribution in [-0.2, 0) is 0 Å². The van der Waals surface area contributed by atoms with Gasteiger partial charge in [0.1, 0.15) is 11.6 Å². The van der Waals surface area contributed by atoms with Crippen LogP contribution in [0.25, 0.3) is 11.3 Å². The average Bonchev–Trinajstić information content (AvgIpc) is 2.64. The van der Waals surface area contributed by atoms with Crippen molar-refractivity contribution in [3.63, 3.8) is 0 Å². The fourth-order valence-electron chi connectivity index (χ4n) is 2.19. The molecule has 0 radical (unpaired) electrons. The van der Waals surface area contributed by atoms with Crippen LogP contribution in [0.5, 0.6) is 0 Å². The molecule has 0 saturated heterocycles. The third-order valence-electron chi connectivity index (χ3n) is 3.45. The predicted octanol–water partition coefficient (Wildman–Crippen LogP) is 3.21. The van der Waals surface area contributed by atoms with Crippen molar-refractivity contribution in [3.8, 4) is 11.3 Å². The Bertz CT molecular complexity index is 827. The van der Waals surface area contributed by atoms with E-state index >= 15 is 0 Å². The van der Waals surface area contributed by atoms with Gasteiger partial charge < -0.3 is 15.7 Å². The first-order valence-corrected chi connectivity index (χ1v) is 7.83. The Morgan fingerprint density at radius 1 is 1.16 bits per heavy atom. The Morgan fingerprint density at radius 3 is 2.64 bits per heavy atom. The number of nitrogens with zero attached hydrogens (tertiary/aromatic N) is 3. The van der Waals surface area contributed by atoms with Gasteiger partial charge in [-0.15, -0.1) is 0 Å². The van der Waals surface area contributed by atoms with E-state index in [1.165, 1.54) is 12.1 Å². The molecule has 0 unspecified atom stereocenters. The molecule has 0 aliphatic carbocycles. The first kappa shape index (κ1) is 16.8. The number of anilines is 3. The summed E-state index contributed by atoms with van der Waals surface area (Å²) in [6.07, 6.45) is 3.40. The summed E-state index contributed by atoms with van der Waals surface area (Å²) in [5.74, 6) is 0.629. The summed E-state index contributed by atoms with van der Waals surface area (Å²) in [6, 6.07) is 11.3. The lowest BCUT2D eigenvalue weighted by molar-refractivity contribution is 0.281. The van der Waals surface area contributed by atoms with Gasteiger partial charge >= 0.3 is 0 Å². The van der Waals surface area contributed by atoms with Crippen LogP contribution >= 0.6 is 0 Å². The topological polar surface area (TPSA) is 83.0 Å². The first-order chi connectivity index (χ1) is 12.1. The van der Waals surface area contributed by atoms with Gasteiger partial charge in [-0.1, -0.05) is 0 Å². The van der Waals surface area contributed by atoms with E-state index in [-0.39, 0.29) is 18.5 Å². The molecule has 128 valence electrons. The average molecular weight is 339 g/mol. The summed E-state index contributed by atoms with van der Waals surface area (Å²) >= 11 is 0. The zero-order valence-corrected chi connectivity index (χ0v) is 13.6. The fraction of sp³-hybridized carbons (Fsp3) is 0.167. The van der Waals surface area contributed by atoms with E-state index in [1.54, 1.807) is 30.6 Å². The smallest absolute Gasteiger partial charge is 0.225 e. The van der Waals surface area contributed by atoms with Crippen LogP contribution in [-0.4, -0.2) is 32.7 Å². The maximum atomic E-state index is 13.1. The third kappa shape index (κ3) is 4.48. The normalized spacial score (nSPS) is 11.8. The molecule has 0 amide bonds. The van der Waals surface area contributed by atoms with Crippen LogP contribution < -0.4 is 10.6 Å². The van der Waals surface area contributed by atoms with E-state index in [0.717, 1.165) is 5.56 Å². The van der Waals surface area contributed by atoms with E-state index < -0.39 is 0 Å². The van der Waals surface area contributed by atoms with Crippen LogP contribution in [0, 0.1) is 5.82 Å². The monoisotopic (exact) mass is 339 g/mol. The minimum Gasteiger partial charge on any atom is -0.394 e. The second-order valence-electron chi connectivity index (χ2n) is 5.56. The standard InChI is InChI=1S/C18H18FN5O/c1-12(11-25)21-18-23-16(13-3-2-8-20-10-13)9-17(24-18)22-15-6-4-14(19)5-7-15/h2-10,12,25H,11H2,1H3,(H2,21,22,23,24)/t12-/m1/s1. The Balaban J connectivity index is 1.95. The Kier molecular flexibility index (Phi) is 5.15. The van der Waals surface area contributed by atoms with Gasteiger partial charge in [0.05, 0.1) is 12.3 Å². The van der Waals surface area contributed by atoms with Crippen molar-refractivity contribution in [2.45, 2.75) is 13.0 Å². The van der Waals surface area contributed by atoms with E-state index in [0.29, 0.717) is 23.1 Å². The molecular weight excluding hydrogens is 321 g/mol. The van der Waals surface area contributed by atoms with Gasteiger partial charge in [-0.25, -0.2) is 9.37 Å². The molecule has 6 nitrogen and oxygen atoms in total. The molecule has 2 aromatic heterocycles. The number of aliphatic hydroxyl groups is 1. The second kappa shape index (κ2) is 7.67. The van der Waals surface area contributed by atoms with Crippen molar-refractivity contribution in [1.29, 1.82) is 0 Å². The molecule has 0 spiro atoms. The third-order valence-corrected chi connectivity index (χ3v) is 3.45. The molecule has 0 fully saturated rings. The van der Waals surface area contributed by atoms with Crippen LogP contribution in [0.4, 0.5) is 21.8 Å². The zero-order valence-electron chi connectivity index (χ0n) is 13.6. The van der Waals surface area contributed by atoms with Crippen LogP contribution in [0.15, 0.2) is 54.9 Å². The SMILES string of the molecule is C[C@H](CO)Nc1nc(Nc2ccc(F)cc2)cc(-c2cccnc2)n1. The van der Waals surface area contributed by atoms with Crippen LogP contribution in [0.3, 0.4) is 0 Å². The van der Waals surface area contributed by atoms with E-state index in [4.69, 9.17) is 0 Å². The van der Waals surface area contributed by atoms with Crippen molar-refractivity contribution in [2.24, 2.45) is 0 Å². The highest BCUT2D eigenvalue weighted by molar-refractivity contribution is 5.66. The van der Waals surface area contributed by atoms with Crippen molar-refractivity contribution in [1.82, 2.24) is 15.0 Å². The summed E-state index contributed by atoms with van der Waals surface area (Å²) in [7, 11) is 0. The lowest BCUT2D eigenvalue weighted by Gasteiger charge is -2.14. The molecule has 3 N–H and O–H groups in total. The molecule has 0 saturated carbocycles. The highest BCUT2D eigenvalue weighted by Crippen LogP contribution is 2.23. The number of hydrogen-bond acceptors (Lipinski definition) is 6. The van der Waals surface area contributed by atoms with Gasteiger partial charge in [-0.05, 0) is 43.3 Å². The number of hydrogen-bond donors (Lipinski definition) is 3. The summed E-state index contributed by atoms with van der Waals surface area (Å²) in [4.78, 5) is 13.0. The van der Waals surface area contributed by atoms with E-state index in [9.17, 15) is 9.50 Å². The molecule has 0 bridgehead atoms. The number of nitrogens with one attached hydrogen (secondary N) is 2. The summed E-state index contributed by atoms with van der Waals surface area (Å²) in [5, 5.41) is 15.4. The van der Waals surface area contributed by atoms with Gasteiger partial charge in [-0.3, -0.25) is 4.98 Å². The maximum absolute atomic E-state index is 13.1. The zero-order chi connectivity index (χ0) is 17.6. The van der Waals surface area contributed by atoms with Gasteiger partial charge in [0.25, 0.3) is 0 Å². The molecule has 25 heavy (non-hydrogen) atoms. The molecule has 3 aromatic rings. The molecular formula is C18H18FN5O. The minimum absolute atomic E-state index is 0.0405. The number of aliphatic hydroxyl groups excluding tert-OH is 1. The fourth-order valence-corrected chi connectivity index (χ4v) is 2.19. The van der Waals surface area contributed by atoms with Crippen LogP contribution in [0.1, 0.15) is 6.92 Å². The largest absolute Gasteiger partial charge is 0.394 e. The molecule has 7 heteroatoms. The molecule has 0 aliphatic rings. The van der Waals surface area contributed by atoms with Crippen molar-refractivity contribution >= 4 is 17.5 Å². The second-order valence-corrected chi connectivity index (χ2v) is 5.56. The highest BCUT2D eigenvalue weighted by Gasteiger charge is 2.09. The Labute approximate surface area is 144 Å². The van der Waals surface area contributed by atoms with Gasteiger partial charge in [0.2, 0.25) is 5.95 Å². The quantitative estimate of drug-likeness (QED) is 0.640. The van der Waals surface area contributed by atoms with Crippen molar-refractivity contribution in [2.75, 3.05) is 17.2 Å². The van der Waals surface area contributed by atoms with Crippen molar-refractivity contribution < 1.29 is 9.50 Å². The van der Waals surface area contributed by atoms with E-state index in [1.807, 2.05) is 19.1 Å². The molecule has 1 aromatic carbocycles. The Morgan fingerprint density at radius 2 is 1.96 bits per heavy atom. The summed E-state index contributed by atoms with van der Waals surface area (Å²) in [5.41, 5.74) is 2.23. The first-order valence-electron chi connectivity index (χ1n) is 7.83. The highest BCUT2D eigenvalue weighted by atomic mass is 19.1. The number of aromatic nitrogens is 3. The lowest BCUT2D eigenvalue weighted by atomic mass is 10.2. The number of pyridine rings is 1. The van der Waals surface area contributed by atoms with Gasteiger partial charge in [0, 0.05) is 35.8 Å². The minimum atomic E-state index is -0.302. The Hall–Kier alpha value is -3.06. The van der Waals surface area contributed by atoms with Crippen molar-refractivity contribution in [3.05, 3.63) is 60.7 Å². The molecule has 2 heterocycles. The molecule has 3 rings (SSSR count). The van der Waals surface area contributed by atoms with Gasteiger partial charge in [0.15, 0.2) is 0 Å². The number of benzene rings is 1. The van der Waals surface area contributed by atoms with Crippen LogP contribution in [0.2, 0.25) is 0 Å². The van der Waals surface area contributed by atoms with Gasteiger partial charge in [-0.2, -0.15) is 4.98 Å². The molecule has 1 atom stereocenters. The molecule has 0 aliphatic heterocycles.